The molecule has 45 heavy (non-hydrogen) atoms. The molecule has 0 aromatic heterocycles. The van der Waals surface area contributed by atoms with Gasteiger partial charge < -0.3 is 50.1 Å². The number of nitrogens with one attached hydrogen (secondary N) is 3. The van der Waals surface area contributed by atoms with E-state index in [9.17, 15) is 38.4 Å². The fourth-order valence-electron chi connectivity index (χ4n) is 4.04. The summed E-state index contributed by atoms with van der Waals surface area (Å²) >= 11 is 0. The zero-order chi connectivity index (χ0) is 34.6. The molecule has 6 atom stereocenters. The van der Waals surface area contributed by atoms with Crippen molar-refractivity contribution in [3.8, 4) is 0 Å². The van der Waals surface area contributed by atoms with E-state index in [-0.39, 0.29) is 0 Å². The van der Waals surface area contributed by atoms with Crippen LogP contribution in [0.1, 0.15) is 54.9 Å². The van der Waals surface area contributed by atoms with Gasteiger partial charge in [-0.05, 0) is 26.8 Å². The minimum Gasteiger partial charge on any atom is -0.477 e. The monoisotopic (exact) mass is 644 g/mol. The van der Waals surface area contributed by atoms with Crippen LogP contribution in [0.25, 0.3) is 0 Å². The molecule has 0 saturated heterocycles. The lowest BCUT2D eigenvalue weighted by Crippen LogP contribution is -2.65. The number of alkyl carbamates (subject to hydrolysis) is 1. The third kappa shape index (κ3) is 13.5. The number of methoxy groups -OCH3 is 1. The van der Waals surface area contributed by atoms with E-state index in [4.69, 9.17) is 34.2 Å². The molecule has 18 heteroatoms. The molecule has 1 aliphatic heterocycles. The second-order valence-electron chi connectivity index (χ2n) is 10.8. The van der Waals surface area contributed by atoms with Crippen molar-refractivity contribution in [1.29, 1.82) is 0 Å². The standard InChI is InChI=1S/C27H40N4O14/c1-12(32)29-21-16(30-24(37)17(10-20(28)36)31-26(39)45-27(5,6)7)9-18(25(38)40-8)44-23(21)22(43-15(4)35)19(42-14(3)34)11-41-13(2)33/h9,16-17,19,21-23H,10-11H2,1-8H3,(H2,28,36)(H,29,32)(H,30,37)(H,31,39)/t16-,17+,19+,21+,22+,23+/m0/s1. The second kappa shape index (κ2) is 16.8. The summed E-state index contributed by atoms with van der Waals surface area (Å²) in [5.74, 6) is -6.86. The Bertz CT molecular complexity index is 1190. The summed E-state index contributed by atoms with van der Waals surface area (Å²) in [5.41, 5.74) is 4.32. The summed E-state index contributed by atoms with van der Waals surface area (Å²) in [7, 11) is 1.02. The molecule has 4 amide bonds. The largest absolute Gasteiger partial charge is 0.477 e. The van der Waals surface area contributed by atoms with Gasteiger partial charge >= 0.3 is 30.0 Å². The molecule has 0 fully saturated rings. The Hall–Kier alpha value is -4.90. The number of carbonyl (C=O) groups excluding carboxylic acids is 8. The highest BCUT2D eigenvalue weighted by atomic mass is 16.6. The zero-order valence-corrected chi connectivity index (χ0v) is 26.2. The number of ether oxygens (including phenoxy) is 6. The van der Waals surface area contributed by atoms with Gasteiger partial charge in [0, 0.05) is 27.7 Å². The van der Waals surface area contributed by atoms with Gasteiger partial charge in [0.25, 0.3) is 0 Å². The lowest BCUT2D eigenvalue weighted by Gasteiger charge is -2.42. The van der Waals surface area contributed by atoms with Crippen LogP contribution in [0, 0.1) is 0 Å². The molecule has 1 heterocycles. The first-order chi connectivity index (χ1) is 20.7. The van der Waals surface area contributed by atoms with E-state index < -0.39 is 109 Å². The molecule has 0 spiro atoms. The molecule has 1 aliphatic rings. The van der Waals surface area contributed by atoms with Crippen LogP contribution in [-0.2, 0) is 62.0 Å². The lowest BCUT2D eigenvalue weighted by atomic mass is 9.91. The van der Waals surface area contributed by atoms with E-state index in [0.717, 1.165) is 40.9 Å². The maximum atomic E-state index is 13.4. The van der Waals surface area contributed by atoms with Crippen LogP contribution in [0.5, 0.6) is 0 Å². The first kappa shape index (κ1) is 38.1. The first-order valence-corrected chi connectivity index (χ1v) is 13.5. The average molecular weight is 645 g/mol. The number of hydrogen-bond donors (Lipinski definition) is 4. The van der Waals surface area contributed by atoms with Crippen LogP contribution in [0.3, 0.4) is 0 Å². The van der Waals surface area contributed by atoms with Crippen molar-refractivity contribution in [3.05, 3.63) is 11.8 Å². The third-order valence-corrected chi connectivity index (χ3v) is 5.57. The van der Waals surface area contributed by atoms with Crippen molar-refractivity contribution in [3.63, 3.8) is 0 Å². The molecule has 0 aliphatic carbocycles. The fourth-order valence-corrected chi connectivity index (χ4v) is 4.04. The van der Waals surface area contributed by atoms with E-state index in [1.54, 1.807) is 20.8 Å². The van der Waals surface area contributed by atoms with Gasteiger partial charge in [-0.2, -0.15) is 0 Å². The number of primary amides is 1. The molecule has 5 N–H and O–H groups in total. The number of nitrogens with two attached hydrogens (primary N) is 1. The topological polar surface area (TPSA) is 254 Å². The van der Waals surface area contributed by atoms with Gasteiger partial charge in [-0.25, -0.2) is 9.59 Å². The maximum Gasteiger partial charge on any atom is 0.408 e. The van der Waals surface area contributed by atoms with Gasteiger partial charge in [0.05, 0.1) is 25.6 Å². The Kier molecular flexibility index (Phi) is 14.2. The Morgan fingerprint density at radius 1 is 0.933 bits per heavy atom. The molecule has 1 rings (SSSR count). The van der Waals surface area contributed by atoms with E-state index in [0.29, 0.717) is 0 Å². The summed E-state index contributed by atoms with van der Waals surface area (Å²) in [5, 5.41) is 7.26. The Morgan fingerprint density at radius 2 is 1.53 bits per heavy atom. The predicted octanol–water partition coefficient (Wildman–Crippen LogP) is -1.37. The summed E-state index contributed by atoms with van der Waals surface area (Å²) < 4.78 is 31.3. The summed E-state index contributed by atoms with van der Waals surface area (Å²) in [4.78, 5) is 98.3. The zero-order valence-electron chi connectivity index (χ0n) is 26.2. The Labute approximate surface area is 258 Å². The van der Waals surface area contributed by atoms with Gasteiger partial charge in [0.2, 0.25) is 23.5 Å². The van der Waals surface area contributed by atoms with Gasteiger partial charge in [-0.15, -0.1) is 0 Å². The number of esters is 4. The Balaban J connectivity index is 3.70. The lowest BCUT2D eigenvalue weighted by molar-refractivity contribution is -0.188. The highest BCUT2D eigenvalue weighted by Crippen LogP contribution is 2.27. The smallest absolute Gasteiger partial charge is 0.408 e. The third-order valence-electron chi connectivity index (χ3n) is 5.57. The van der Waals surface area contributed by atoms with Gasteiger partial charge in [0.15, 0.2) is 18.3 Å². The molecule has 252 valence electrons. The van der Waals surface area contributed by atoms with Crippen LogP contribution in [0.15, 0.2) is 11.8 Å². The van der Waals surface area contributed by atoms with Crippen molar-refractivity contribution in [1.82, 2.24) is 16.0 Å². The average Bonchev–Trinajstić information content (AvgIpc) is 2.87. The molecule has 0 saturated carbocycles. The predicted molar refractivity (Wildman–Crippen MR) is 149 cm³/mol. The summed E-state index contributed by atoms with van der Waals surface area (Å²) in [6.07, 6.45) is -5.49. The minimum atomic E-state index is -1.67. The quantitative estimate of drug-likeness (QED) is 0.133. The fraction of sp³-hybridized carbons (Fsp3) is 0.630. The van der Waals surface area contributed by atoms with Crippen LogP contribution < -0.4 is 21.7 Å². The van der Waals surface area contributed by atoms with Crippen LogP contribution >= 0.6 is 0 Å². The molecule has 18 nitrogen and oxygen atoms in total. The molecule has 0 bridgehead atoms. The minimum absolute atomic E-state index is 0.535. The molecule has 0 aromatic rings. The van der Waals surface area contributed by atoms with Gasteiger partial charge in [0.1, 0.15) is 18.2 Å². The van der Waals surface area contributed by atoms with Gasteiger partial charge in [-0.3, -0.25) is 28.8 Å². The van der Waals surface area contributed by atoms with E-state index in [1.807, 2.05) is 0 Å². The van der Waals surface area contributed by atoms with Crippen LogP contribution in [0.2, 0.25) is 0 Å². The van der Waals surface area contributed by atoms with Crippen molar-refractivity contribution < 1.29 is 66.8 Å². The van der Waals surface area contributed by atoms with Crippen LogP contribution in [-0.4, -0.2) is 103 Å². The molecular weight excluding hydrogens is 604 g/mol. The molecule has 0 unspecified atom stereocenters. The Morgan fingerprint density at radius 3 is 2.00 bits per heavy atom. The van der Waals surface area contributed by atoms with E-state index in [1.165, 1.54) is 0 Å². The van der Waals surface area contributed by atoms with Crippen molar-refractivity contribution in [2.24, 2.45) is 5.73 Å². The highest BCUT2D eigenvalue weighted by molar-refractivity contribution is 5.91. The van der Waals surface area contributed by atoms with Crippen LogP contribution in [0.4, 0.5) is 4.79 Å². The summed E-state index contributed by atoms with van der Waals surface area (Å²) in [6.45, 7) is 8.27. The number of carbonyl (C=O) groups is 8. The molecule has 0 aromatic carbocycles. The van der Waals surface area contributed by atoms with Crippen molar-refractivity contribution in [2.45, 2.75) is 96.9 Å². The second-order valence-corrected chi connectivity index (χ2v) is 10.8. The van der Waals surface area contributed by atoms with Crippen molar-refractivity contribution in [2.75, 3.05) is 13.7 Å². The van der Waals surface area contributed by atoms with Gasteiger partial charge in [-0.1, -0.05) is 0 Å². The first-order valence-electron chi connectivity index (χ1n) is 13.5. The molecule has 0 radical (unpaired) electrons. The van der Waals surface area contributed by atoms with Crippen molar-refractivity contribution >= 4 is 47.7 Å². The summed E-state index contributed by atoms with van der Waals surface area (Å²) in [6, 6.07) is -4.38. The number of hydrogen-bond acceptors (Lipinski definition) is 14. The van der Waals surface area contributed by atoms with E-state index >= 15 is 0 Å². The number of amides is 4. The number of rotatable bonds is 13. The SMILES string of the molecule is COC(=O)C1=C[C@H](NC(=O)[C@@H](CC(N)=O)NC(=O)OC(C)(C)C)[C@@H](NC(C)=O)[C@H]([C@H](OC(C)=O)[C@@H](COC(C)=O)OC(C)=O)O1. The maximum absolute atomic E-state index is 13.4. The van der Waals surface area contributed by atoms with E-state index in [2.05, 4.69) is 16.0 Å². The molecular formula is C27H40N4O14. The normalized spacial score (nSPS) is 19.5. The highest BCUT2D eigenvalue weighted by Gasteiger charge is 2.48.